The van der Waals surface area contributed by atoms with Crippen molar-refractivity contribution < 1.29 is 9.47 Å². The molecule has 3 heteroatoms. The number of piperidine rings is 1. The zero-order chi connectivity index (χ0) is 8.55. The Kier molecular flexibility index (Phi) is 2.35. The minimum Gasteiger partial charge on any atom is -0.381 e. The first-order valence-electron chi connectivity index (χ1n) is 4.73. The van der Waals surface area contributed by atoms with Crippen LogP contribution in [0.1, 0.15) is 19.8 Å². The van der Waals surface area contributed by atoms with Crippen LogP contribution < -0.4 is 5.32 Å². The molecule has 3 nitrogen and oxygen atoms in total. The maximum atomic E-state index is 5.43. The van der Waals surface area contributed by atoms with Crippen molar-refractivity contribution in [1.29, 1.82) is 0 Å². The quantitative estimate of drug-likeness (QED) is 0.616. The summed E-state index contributed by atoms with van der Waals surface area (Å²) >= 11 is 0. The molecule has 0 aromatic rings. The Balaban J connectivity index is 1.82. The number of ether oxygens (including phenoxy) is 2. The monoisotopic (exact) mass is 171 g/mol. The summed E-state index contributed by atoms with van der Waals surface area (Å²) in [5.74, 6) is 0. The van der Waals surface area contributed by atoms with Gasteiger partial charge < -0.3 is 14.8 Å². The SMILES string of the molecule is COC1CCNC([C@H]2O[C@H]2C)C1. The molecule has 0 aliphatic carbocycles. The molecule has 0 saturated carbocycles. The van der Waals surface area contributed by atoms with Gasteiger partial charge in [0.15, 0.2) is 0 Å². The van der Waals surface area contributed by atoms with Crippen LogP contribution >= 0.6 is 0 Å². The second kappa shape index (κ2) is 3.32. The van der Waals surface area contributed by atoms with Gasteiger partial charge in [-0.3, -0.25) is 0 Å². The number of epoxide rings is 1. The van der Waals surface area contributed by atoms with Crippen molar-refractivity contribution in [3.05, 3.63) is 0 Å². The van der Waals surface area contributed by atoms with E-state index in [0.717, 1.165) is 19.4 Å². The smallest absolute Gasteiger partial charge is 0.0992 e. The van der Waals surface area contributed by atoms with Crippen LogP contribution in [0.2, 0.25) is 0 Å². The lowest BCUT2D eigenvalue weighted by Crippen LogP contribution is -2.44. The highest BCUT2D eigenvalue weighted by molar-refractivity contribution is 4.95. The summed E-state index contributed by atoms with van der Waals surface area (Å²) in [4.78, 5) is 0. The van der Waals surface area contributed by atoms with Gasteiger partial charge >= 0.3 is 0 Å². The molecule has 2 aliphatic rings. The highest BCUT2D eigenvalue weighted by Gasteiger charge is 2.43. The Bertz CT molecular complexity index is 163. The van der Waals surface area contributed by atoms with Crippen LogP contribution in [0.4, 0.5) is 0 Å². The lowest BCUT2D eigenvalue weighted by molar-refractivity contribution is 0.0573. The van der Waals surface area contributed by atoms with E-state index in [0.29, 0.717) is 24.4 Å². The summed E-state index contributed by atoms with van der Waals surface area (Å²) in [6.45, 7) is 3.19. The predicted octanol–water partition coefficient (Wildman–Crippen LogP) is 0.541. The van der Waals surface area contributed by atoms with Crippen molar-refractivity contribution in [3.8, 4) is 0 Å². The summed E-state index contributed by atoms with van der Waals surface area (Å²) in [5, 5.41) is 3.47. The minimum atomic E-state index is 0.438. The van der Waals surface area contributed by atoms with Gasteiger partial charge in [0.25, 0.3) is 0 Å². The van der Waals surface area contributed by atoms with E-state index < -0.39 is 0 Å². The molecule has 2 aliphatic heterocycles. The zero-order valence-corrected chi connectivity index (χ0v) is 7.75. The lowest BCUT2D eigenvalue weighted by atomic mass is 9.98. The van der Waals surface area contributed by atoms with Gasteiger partial charge in [-0.05, 0) is 26.3 Å². The van der Waals surface area contributed by atoms with E-state index in [9.17, 15) is 0 Å². The lowest BCUT2D eigenvalue weighted by Gasteiger charge is -2.28. The Morgan fingerprint density at radius 3 is 2.83 bits per heavy atom. The molecule has 0 bridgehead atoms. The maximum Gasteiger partial charge on any atom is 0.0992 e. The van der Waals surface area contributed by atoms with Gasteiger partial charge in [0, 0.05) is 13.2 Å². The Hall–Kier alpha value is -0.120. The highest BCUT2D eigenvalue weighted by atomic mass is 16.6. The third-order valence-electron chi connectivity index (χ3n) is 2.88. The van der Waals surface area contributed by atoms with Gasteiger partial charge in [0.2, 0.25) is 0 Å². The molecule has 2 saturated heterocycles. The molecule has 0 aromatic carbocycles. The van der Waals surface area contributed by atoms with Crippen molar-refractivity contribution in [2.75, 3.05) is 13.7 Å². The molecule has 2 fully saturated rings. The molecule has 0 aromatic heterocycles. The number of methoxy groups -OCH3 is 1. The normalized spacial score (nSPS) is 47.5. The van der Waals surface area contributed by atoms with Gasteiger partial charge in [-0.1, -0.05) is 0 Å². The third kappa shape index (κ3) is 1.63. The van der Waals surface area contributed by atoms with Gasteiger partial charge in [-0.15, -0.1) is 0 Å². The van der Waals surface area contributed by atoms with Crippen LogP contribution in [-0.4, -0.2) is 38.0 Å². The Labute approximate surface area is 73.4 Å². The van der Waals surface area contributed by atoms with Crippen molar-refractivity contribution in [2.45, 2.75) is 44.1 Å². The van der Waals surface area contributed by atoms with Crippen LogP contribution in [0.25, 0.3) is 0 Å². The second-order valence-electron chi connectivity index (χ2n) is 3.75. The third-order valence-corrected chi connectivity index (χ3v) is 2.88. The molecule has 12 heavy (non-hydrogen) atoms. The zero-order valence-electron chi connectivity index (χ0n) is 7.75. The summed E-state index contributed by atoms with van der Waals surface area (Å²) in [7, 11) is 1.80. The average molecular weight is 171 g/mol. The first-order valence-corrected chi connectivity index (χ1v) is 4.73. The average Bonchev–Trinajstić information content (AvgIpc) is 2.83. The Morgan fingerprint density at radius 1 is 1.50 bits per heavy atom. The minimum absolute atomic E-state index is 0.438. The first kappa shape index (κ1) is 8.48. The first-order chi connectivity index (χ1) is 5.81. The molecule has 2 heterocycles. The largest absolute Gasteiger partial charge is 0.381 e. The fourth-order valence-corrected chi connectivity index (χ4v) is 2.00. The second-order valence-corrected chi connectivity index (χ2v) is 3.75. The summed E-state index contributed by atoms with van der Waals surface area (Å²) in [6, 6.07) is 0.527. The molecule has 4 atom stereocenters. The molecule has 0 radical (unpaired) electrons. The fourth-order valence-electron chi connectivity index (χ4n) is 2.00. The highest BCUT2D eigenvalue weighted by Crippen LogP contribution is 2.29. The van der Waals surface area contributed by atoms with E-state index >= 15 is 0 Å². The molecule has 2 unspecified atom stereocenters. The Morgan fingerprint density at radius 2 is 2.25 bits per heavy atom. The molecular weight excluding hydrogens is 154 g/mol. The van der Waals surface area contributed by atoms with Crippen LogP contribution in [-0.2, 0) is 9.47 Å². The van der Waals surface area contributed by atoms with E-state index in [1.807, 2.05) is 0 Å². The topological polar surface area (TPSA) is 33.8 Å². The van der Waals surface area contributed by atoms with Crippen molar-refractivity contribution in [3.63, 3.8) is 0 Å². The van der Waals surface area contributed by atoms with Crippen LogP contribution in [0, 0.1) is 0 Å². The summed E-state index contributed by atoms with van der Waals surface area (Å²) in [6.07, 6.45) is 3.58. The van der Waals surface area contributed by atoms with E-state index in [4.69, 9.17) is 9.47 Å². The van der Waals surface area contributed by atoms with Crippen molar-refractivity contribution in [2.24, 2.45) is 0 Å². The van der Waals surface area contributed by atoms with Crippen molar-refractivity contribution in [1.82, 2.24) is 5.32 Å². The summed E-state index contributed by atoms with van der Waals surface area (Å²) < 4.78 is 10.8. The van der Waals surface area contributed by atoms with Crippen LogP contribution in [0.3, 0.4) is 0 Å². The van der Waals surface area contributed by atoms with Gasteiger partial charge in [-0.25, -0.2) is 0 Å². The molecule has 0 spiro atoms. The number of nitrogens with one attached hydrogen (secondary N) is 1. The van der Waals surface area contributed by atoms with Crippen LogP contribution in [0.15, 0.2) is 0 Å². The molecule has 1 N–H and O–H groups in total. The number of hydrogen-bond acceptors (Lipinski definition) is 3. The van der Waals surface area contributed by atoms with Gasteiger partial charge in [-0.2, -0.15) is 0 Å². The molecule has 0 amide bonds. The van der Waals surface area contributed by atoms with Gasteiger partial charge in [0.1, 0.15) is 0 Å². The van der Waals surface area contributed by atoms with E-state index in [-0.39, 0.29) is 0 Å². The van der Waals surface area contributed by atoms with E-state index in [2.05, 4.69) is 12.2 Å². The molecule has 2 rings (SSSR count). The molecule has 70 valence electrons. The predicted molar refractivity (Wildman–Crippen MR) is 46.2 cm³/mol. The van der Waals surface area contributed by atoms with E-state index in [1.54, 1.807) is 7.11 Å². The van der Waals surface area contributed by atoms with Crippen LogP contribution in [0.5, 0.6) is 0 Å². The fraction of sp³-hybridized carbons (Fsp3) is 1.00. The van der Waals surface area contributed by atoms with Crippen molar-refractivity contribution >= 4 is 0 Å². The summed E-state index contributed by atoms with van der Waals surface area (Å²) in [5.41, 5.74) is 0. The number of hydrogen-bond donors (Lipinski definition) is 1. The number of rotatable bonds is 2. The van der Waals surface area contributed by atoms with E-state index in [1.165, 1.54) is 0 Å². The van der Waals surface area contributed by atoms with Gasteiger partial charge in [0.05, 0.1) is 18.3 Å². The standard InChI is InChI=1S/C9H17NO2/c1-6-9(12-6)8-5-7(11-2)3-4-10-8/h6-10H,3-5H2,1-2H3/t6-,7?,8?,9-/m0/s1. The maximum absolute atomic E-state index is 5.43. The molecular formula is C9H17NO2.